The van der Waals surface area contributed by atoms with Crippen molar-refractivity contribution < 1.29 is 0 Å². The van der Waals surface area contributed by atoms with Gasteiger partial charge in [-0.3, -0.25) is 0 Å². The van der Waals surface area contributed by atoms with Crippen molar-refractivity contribution in [1.82, 2.24) is 34.5 Å². The van der Waals surface area contributed by atoms with E-state index >= 15 is 0 Å². The molecule has 0 amide bonds. The molecular weight excluding hydrogens is 337 g/mol. The van der Waals surface area contributed by atoms with Gasteiger partial charge >= 0.3 is 0 Å². The summed E-state index contributed by atoms with van der Waals surface area (Å²) >= 11 is 12.0. The second-order valence-electron chi connectivity index (χ2n) is 5.41. The molecular formula is C14H13Cl2N7. The molecule has 0 saturated heterocycles. The van der Waals surface area contributed by atoms with Gasteiger partial charge in [0.2, 0.25) is 5.28 Å². The maximum absolute atomic E-state index is 6.07. The third kappa shape index (κ3) is 2.49. The SMILES string of the molecule is CCc1cn([C@@H]2C=C[C@H](n3cnc4c(Cl)nc(Cl)nc43)C2)nn1. The van der Waals surface area contributed by atoms with Crippen LogP contribution in [-0.2, 0) is 6.42 Å². The normalized spacial score (nSPS) is 20.7. The summed E-state index contributed by atoms with van der Waals surface area (Å²) in [7, 11) is 0. The first-order valence-corrected chi connectivity index (χ1v) is 8.06. The Balaban J connectivity index is 1.64. The van der Waals surface area contributed by atoms with Crippen LogP contribution in [-0.4, -0.2) is 34.5 Å². The molecule has 118 valence electrons. The van der Waals surface area contributed by atoms with Crippen LogP contribution in [0, 0.1) is 0 Å². The van der Waals surface area contributed by atoms with Crippen molar-refractivity contribution in [2.75, 3.05) is 0 Å². The number of halogens is 2. The van der Waals surface area contributed by atoms with Crippen molar-refractivity contribution in [2.24, 2.45) is 0 Å². The Morgan fingerprint density at radius 3 is 2.83 bits per heavy atom. The Labute approximate surface area is 142 Å². The monoisotopic (exact) mass is 349 g/mol. The maximum atomic E-state index is 6.07. The van der Waals surface area contributed by atoms with E-state index in [-0.39, 0.29) is 22.5 Å². The van der Waals surface area contributed by atoms with Crippen molar-refractivity contribution in [3.05, 3.63) is 40.8 Å². The highest BCUT2D eigenvalue weighted by molar-refractivity contribution is 6.35. The zero-order valence-corrected chi connectivity index (χ0v) is 13.8. The summed E-state index contributed by atoms with van der Waals surface area (Å²) in [6, 6.07) is 0.277. The molecule has 0 N–H and O–H groups in total. The summed E-state index contributed by atoms with van der Waals surface area (Å²) in [5.74, 6) is 0. The van der Waals surface area contributed by atoms with E-state index in [1.165, 1.54) is 0 Å². The fraction of sp³-hybridized carbons (Fsp3) is 0.357. The summed E-state index contributed by atoms with van der Waals surface area (Å²) < 4.78 is 3.85. The van der Waals surface area contributed by atoms with Crippen LogP contribution in [0.1, 0.15) is 31.1 Å². The Bertz CT molecular complexity index is 898. The molecule has 3 heterocycles. The van der Waals surface area contributed by atoms with Gasteiger partial charge < -0.3 is 4.57 Å². The molecule has 0 fully saturated rings. The van der Waals surface area contributed by atoms with Crippen LogP contribution < -0.4 is 0 Å². The molecule has 7 nitrogen and oxygen atoms in total. The predicted octanol–water partition coefficient (Wildman–Crippen LogP) is 3.03. The summed E-state index contributed by atoms with van der Waals surface area (Å²) in [4.78, 5) is 12.5. The lowest BCUT2D eigenvalue weighted by atomic mass is 10.2. The molecule has 0 bridgehead atoms. The Hall–Kier alpha value is -1.99. The number of fused-ring (bicyclic) bond motifs is 1. The maximum Gasteiger partial charge on any atom is 0.225 e. The lowest BCUT2D eigenvalue weighted by Gasteiger charge is -2.13. The molecule has 4 rings (SSSR count). The number of nitrogens with zero attached hydrogens (tertiary/aromatic N) is 7. The fourth-order valence-electron chi connectivity index (χ4n) is 2.80. The van der Waals surface area contributed by atoms with Crippen LogP contribution in [0.3, 0.4) is 0 Å². The van der Waals surface area contributed by atoms with Gasteiger partial charge in [-0.05, 0) is 24.4 Å². The number of imidazole rings is 1. The summed E-state index contributed by atoms with van der Waals surface area (Å²) in [5.41, 5.74) is 2.18. The number of hydrogen-bond donors (Lipinski definition) is 0. The van der Waals surface area contributed by atoms with Gasteiger partial charge in [0.1, 0.15) is 5.52 Å². The van der Waals surface area contributed by atoms with Crippen molar-refractivity contribution in [3.63, 3.8) is 0 Å². The zero-order valence-electron chi connectivity index (χ0n) is 12.3. The minimum Gasteiger partial charge on any atom is -0.308 e. The molecule has 0 saturated carbocycles. The quantitative estimate of drug-likeness (QED) is 0.412. The van der Waals surface area contributed by atoms with E-state index < -0.39 is 0 Å². The first kappa shape index (κ1) is 14.6. The molecule has 2 atom stereocenters. The van der Waals surface area contributed by atoms with E-state index in [0.717, 1.165) is 18.5 Å². The van der Waals surface area contributed by atoms with Crippen LogP contribution in [0.5, 0.6) is 0 Å². The van der Waals surface area contributed by atoms with Crippen LogP contribution in [0.4, 0.5) is 0 Å². The Morgan fingerprint density at radius 2 is 2.04 bits per heavy atom. The topological polar surface area (TPSA) is 74.3 Å². The zero-order chi connectivity index (χ0) is 16.0. The molecule has 1 aliphatic rings. The van der Waals surface area contributed by atoms with E-state index in [1.807, 2.05) is 15.4 Å². The molecule has 23 heavy (non-hydrogen) atoms. The van der Waals surface area contributed by atoms with Gasteiger partial charge in [0.15, 0.2) is 10.8 Å². The van der Waals surface area contributed by atoms with Crippen molar-refractivity contribution in [3.8, 4) is 0 Å². The lowest BCUT2D eigenvalue weighted by Crippen LogP contribution is -2.10. The van der Waals surface area contributed by atoms with E-state index in [9.17, 15) is 0 Å². The third-order valence-electron chi connectivity index (χ3n) is 4.01. The lowest BCUT2D eigenvalue weighted by molar-refractivity contribution is 0.456. The van der Waals surface area contributed by atoms with E-state index in [1.54, 1.807) is 6.33 Å². The highest BCUT2D eigenvalue weighted by atomic mass is 35.5. The van der Waals surface area contributed by atoms with E-state index in [2.05, 4.69) is 44.3 Å². The van der Waals surface area contributed by atoms with Gasteiger partial charge in [0.05, 0.1) is 24.1 Å². The Morgan fingerprint density at radius 1 is 1.22 bits per heavy atom. The average molecular weight is 350 g/mol. The number of hydrogen-bond acceptors (Lipinski definition) is 5. The van der Waals surface area contributed by atoms with Gasteiger partial charge in [0, 0.05) is 6.20 Å². The summed E-state index contributed by atoms with van der Waals surface area (Å²) in [6.07, 6.45) is 9.66. The fourth-order valence-corrected chi connectivity index (χ4v) is 3.22. The predicted molar refractivity (Wildman–Crippen MR) is 86.6 cm³/mol. The van der Waals surface area contributed by atoms with Gasteiger partial charge in [-0.15, -0.1) is 5.10 Å². The molecule has 0 radical (unpaired) electrons. The minimum atomic E-state index is 0.112. The first-order chi connectivity index (χ1) is 11.2. The molecule has 0 aromatic carbocycles. The van der Waals surface area contributed by atoms with E-state index in [0.29, 0.717) is 11.2 Å². The number of aryl methyl sites for hydroxylation is 1. The average Bonchev–Trinajstić information content (AvgIpc) is 3.25. The first-order valence-electron chi connectivity index (χ1n) is 7.30. The van der Waals surface area contributed by atoms with Gasteiger partial charge in [-0.2, -0.15) is 4.98 Å². The molecule has 0 aliphatic heterocycles. The molecule has 3 aromatic rings. The van der Waals surface area contributed by atoms with Crippen LogP contribution in [0.25, 0.3) is 11.2 Å². The highest BCUT2D eigenvalue weighted by Gasteiger charge is 2.25. The summed E-state index contributed by atoms with van der Waals surface area (Å²) in [5, 5.41) is 8.72. The largest absolute Gasteiger partial charge is 0.308 e. The van der Waals surface area contributed by atoms with Crippen LogP contribution >= 0.6 is 23.2 Å². The van der Waals surface area contributed by atoms with Gasteiger partial charge in [-0.1, -0.05) is 35.9 Å². The molecule has 0 spiro atoms. The van der Waals surface area contributed by atoms with Crippen LogP contribution in [0.2, 0.25) is 10.4 Å². The van der Waals surface area contributed by atoms with Crippen molar-refractivity contribution in [1.29, 1.82) is 0 Å². The number of aromatic nitrogens is 7. The second-order valence-corrected chi connectivity index (χ2v) is 6.10. The second kappa shape index (κ2) is 5.58. The van der Waals surface area contributed by atoms with Crippen LogP contribution in [0.15, 0.2) is 24.7 Å². The van der Waals surface area contributed by atoms with Crippen molar-refractivity contribution >= 4 is 34.4 Å². The summed E-state index contributed by atoms with van der Waals surface area (Å²) in [6.45, 7) is 2.06. The van der Waals surface area contributed by atoms with Gasteiger partial charge in [0.25, 0.3) is 0 Å². The van der Waals surface area contributed by atoms with E-state index in [4.69, 9.17) is 23.2 Å². The third-order valence-corrected chi connectivity index (χ3v) is 4.44. The van der Waals surface area contributed by atoms with Gasteiger partial charge in [-0.25, -0.2) is 14.6 Å². The highest BCUT2D eigenvalue weighted by Crippen LogP contribution is 2.33. The standard InChI is InChI=1S/C14H13Cl2N7/c1-2-8-6-23(21-20-8)10-4-3-9(5-10)22-7-17-11-12(15)18-14(16)19-13(11)22/h3-4,6-7,9-10H,2,5H2,1H3/t9-,10+/m0/s1. The minimum absolute atomic E-state index is 0.112. The Kier molecular flexibility index (Phi) is 3.54. The molecule has 1 aliphatic carbocycles. The number of rotatable bonds is 3. The number of allylic oxidation sites excluding steroid dienone is 2. The molecule has 3 aromatic heterocycles. The van der Waals surface area contributed by atoms with Crippen molar-refractivity contribution in [2.45, 2.75) is 31.8 Å². The molecule has 0 unspecified atom stereocenters. The smallest absolute Gasteiger partial charge is 0.225 e. The molecule has 9 heteroatoms.